The maximum absolute atomic E-state index is 13.9. The van der Waals surface area contributed by atoms with Crippen LogP contribution in [0.25, 0.3) is 0 Å². The van der Waals surface area contributed by atoms with Crippen LogP contribution >= 0.6 is 11.8 Å². The van der Waals surface area contributed by atoms with Crippen LogP contribution in [0.1, 0.15) is 61.1 Å². The van der Waals surface area contributed by atoms with Crippen molar-refractivity contribution in [1.29, 1.82) is 10.8 Å². The van der Waals surface area contributed by atoms with Crippen molar-refractivity contribution in [1.82, 2.24) is 9.58 Å². The summed E-state index contributed by atoms with van der Waals surface area (Å²) < 4.78 is 20.5. The number of halogens is 1. The molecule has 2 aromatic rings. The van der Waals surface area contributed by atoms with Crippen LogP contribution in [-0.4, -0.2) is 68.4 Å². The minimum absolute atomic E-state index is 0.00184. The number of thioether (sulfide) groups is 1. The summed E-state index contributed by atoms with van der Waals surface area (Å²) in [6.45, 7) is 4.98. The van der Waals surface area contributed by atoms with Gasteiger partial charge in [0.1, 0.15) is 22.8 Å². The SMILES string of the molecule is CCOCC1(C=O)CCC23N(CC)C(=O)c4c(O)c(=O)c(C(=N)SC(=N)Cc5ccc(F)cc5)cn4N2C2CC23C1. The number of carbonyl (C=O) groups is 2. The number of aromatic hydroxyl groups is 1. The number of hydrogen-bond acceptors (Lipinski definition) is 9. The third-order valence-electron chi connectivity index (χ3n) is 9.34. The van der Waals surface area contributed by atoms with Gasteiger partial charge in [-0.15, -0.1) is 0 Å². The molecular weight excluding hydrogens is 549 g/mol. The van der Waals surface area contributed by atoms with Gasteiger partial charge < -0.3 is 19.5 Å². The van der Waals surface area contributed by atoms with Crippen LogP contribution in [0.3, 0.4) is 0 Å². The lowest BCUT2D eigenvalue weighted by Gasteiger charge is -2.69. The second-order valence-electron chi connectivity index (χ2n) is 11.5. The molecule has 0 bridgehead atoms. The molecule has 0 radical (unpaired) electrons. The quantitative estimate of drug-likeness (QED) is 0.247. The summed E-state index contributed by atoms with van der Waals surface area (Å²) in [5.74, 6) is -1.56. The third-order valence-corrected chi connectivity index (χ3v) is 10.2. The fourth-order valence-corrected chi connectivity index (χ4v) is 8.27. The van der Waals surface area contributed by atoms with Gasteiger partial charge in [-0.25, -0.2) is 4.39 Å². The summed E-state index contributed by atoms with van der Waals surface area (Å²) >= 11 is 0.774. The summed E-state index contributed by atoms with van der Waals surface area (Å²) in [5.41, 5.74) is -2.03. The zero-order chi connectivity index (χ0) is 29.3. The minimum Gasteiger partial charge on any atom is -0.502 e. The highest BCUT2D eigenvalue weighted by Gasteiger charge is 2.87. The lowest BCUT2D eigenvalue weighted by Crippen LogP contribution is -2.84. The fourth-order valence-electron chi connectivity index (χ4n) is 7.53. The molecule has 1 saturated heterocycles. The van der Waals surface area contributed by atoms with E-state index in [1.807, 2.05) is 18.9 Å². The van der Waals surface area contributed by atoms with Crippen molar-refractivity contribution in [3.8, 4) is 5.75 Å². The molecule has 4 atom stereocenters. The lowest BCUT2D eigenvalue weighted by molar-refractivity contribution is -0.143. The Morgan fingerprint density at radius 3 is 2.61 bits per heavy atom. The van der Waals surface area contributed by atoms with Gasteiger partial charge in [-0.05, 0) is 57.2 Å². The first-order valence-electron chi connectivity index (χ1n) is 13.8. The predicted octanol–water partition coefficient (Wildman–Crippen LogP) is 3.26. The average Bonchev–Trinajstić information content (AvgIpc) is 3.57. The largest absolute Gasteiger partial charge is 0.502 e. The van der Waals surface area contributed by atoms with Crippen LogP contribution in [0.4, 0.5) is 4.39 Å². The van der Waals surface area contributed by atoms with E-state index >= 15 is 0 Å². The monoisotopic (exact) mass is 581 g/mol. The van der Waals surface area contributed by atoms with E-state index in [9.17, 15) is 23.9 Å². The van der Waals surface area contributed by atoms with Gasteiger partial charge in [0.25, 0.3) is 5.91 Å². The summed E-state index contributed by atoms with van der Waals surface area (Å²) in [6, 6.07) is 5.71. The highest BCUT2D eigenvalue weighted by atomic mass is 32.2. The topological polar surface area (TPSA) is 140 Å². The third kappa shape index (κ3) is 3.76. The molecule has 4 unspecified atom stereocenters. The molecule has 10 nitrogen and oxygen atoms in total. The zero-order valence-electron chi connectivity index (χ0n) is 22.9. The molecule has 12 heteroatoms. The van der Waals surface area contributed by atoms with E-state index in [1.165, 1.54) is 18.3 Å². The van der Waals surface area contributed by atoms with Gasteiger partial charge in [0.2, 0.25) is 5.43 Å². The molecule has 41 heavy (non-hydrogen) atoms. The van der Waals surface area contributed by atoms with Crippen LogP contribution < -0.4 is 10.4 Å². The maximum Gasteiger partial charge on any atom is 0.278 e. The molecule has 4 aliphatic rings. The number of aldehydes is 1. The first-order valence-corrected chi connectivity index (χ1v) is 14.6. The van der Waals surface area contributed by atoms with Crippen molar-refractivity contribution >= 4 is 34.0 Å². The normalized spacial score (nSPS) is 29.0. The van der Waals surface area contributed by atoms with Crippen molar-refractivity contribution in [3.63, 3.8) is 0 Å². The van der Waals surface area contributed by atoms with Crippen LogP contribution in [0.15, 0.2) is 35.3 Å². The number of benzene rings is 1. The first-order chi connectivity index (χ1) is 19.6. The van der Waals surface area contributed by atoms with E-state index in [1.54, 1.807) is 21.7 Å². The van der Waals surface area contributed by atoms with Gasteiger partial charge in [0.15, 0.2) is 11.4 Å². The average molecular weight is 582 g/mol. The van der Waals surface area contributed by atoms with Crippen molar-refractivity contribution in [2.24, 2.45) is 10.8 Å². The summed E-state index contributed by atoms with van der Waals surface area (Å²) in [4.78, 5) is 41.2. The Hall–Kier alpha value is -3.51. The Bertz CT molecular complexity index is 1550. The fraction of sp³-hybridized carbons (Fsp3) is 0.483. The second kappa shape index (κ2) is 9.52. The van der Waals surface area contributed by atoms with Crippen LogP contribution in [0.5, 0.6) is 5.75 Å². The smallest absolute Gasteiger partial charge is 0.278 e. The van der Waals surface area contributed by atoms with Crippen molar-refractivity contribution in [2.75, 3.05) is 24.8 Å². The molecular formula is C29H32FN5O5S. The first kappa shape index (κ1) is 27.6. The molecule has 2 aliphatic heterocycles. The van der Waals surface area contributed by atoms with E-state index in [0.717, 1.165) is 24.5 Å². The van der Waals surface area contributed by atoms with Crippen LogP contribution in [-0.2, 0) is 16.0 Å². The van der Waals surface area contributed by atoms with E-state index in [2.05, 4.69) is 0 Å². The molecule has 1 amide bonds. The number of nitrogens with zero attached hydrogens (tertiary/aromatic N) is 3. The van der Waals surface area contributed by atoms with Gasteiger partial charge >= 0.3 is 0 Å². The second-order valence-corrected chi connectivity index (χ2v) is 12.6. The number of fused-ring (bicyclic) bond motifs is 3. The minimum atomic E-state index is -0.841. The summed E-state index contributed by atoms with van der Waals surface area (Å²) in [5, 5.41) is 29.9. The van der Waals surface area contributed by atoms with Crippen molar-refractivity contribution < 1.29 is 23.8 Å². The summed E-state index contributed by atoms with van der Waals surface area (Å²) in [6.07, 6.45) is 5.02. The molecule has 1 aromatic heterocycles. The van der Waals surface area contributed by atoms with E-state index in [-0.39, 0.29) is 45.0 Å². The molecule has 2 spiro atoms. The number of aromatic nitrogens is 1. The van der Waals surface area contributed by atoms with Gasteiger partial charge in [-0.2, -0.15) is 0 Å². The number of pyridine rings is 1. The highest BCUT2D eigenvalue weighted by molar-refractivity contribution is 8.26. The molecule has 216 valence electrons. The molecule has 2 saturated carbocycles. The number of hydrogen-bond donors (Lipinski definition) is 3. The van der Waals surface area contributed by atoms with Gasteiger partial charge in [-0.1, -0.05) is 23.9 Å². The Kier molecular flexibility index (Phi) is 6.42. The Morgan fingerprint density at radius 2 is 1.95 bits per heavy atom. The molecule has 3 heterocycles. The Balaban J connectivity index is 1.34. The van der Waals surface area contributed by atoms with Crippen LogP contribution in [0.2, 0.25) is 0 Å². The van der Waals surface area contributed by atoms with Gasteiger partial charge in [-0.3, -0.25) is 30.1 Å². The zero-order valence-corrected chi connectivity index (χ0v) is 23.7. The number of rotatable bonds is 8. The van der Waals surface area contributed by atoms with Crippen molar-refractivity contribution in [2.45, 2.75) is 57.7 Å². The predicted molar refractivity (Wildman–Crippen MR) is 152 cm³/mol. The standard InChI is InChI=1S/C29H32FN5O5S/c1-3-33-26(39)22-24(38)23(37)19(25(32)41-21(31)11-17-5-7-18(30)8-6-17)13-34(22)35-20-12-28(20)14-27(15-36,16-40-4-2)9-10-29(28,33)35/h5-8,13,15,20,31-32,38H,3-4,9-12,14,16H2,1-2H3. The Morgan fingerprint density at radius 1 is 1.22 bits per heavy atom. The van der Waals surface area contributed by atoms with Gasteiger partial charge in [0.05, 0.1) is 28.7 Å². The number of nitrogens with one attached hydrogen (secondary N) is 2. The van der Waals surface area contributed by atoms with Crippen LogP contribution in [0, 0.1) is 27.5 Å². The number of carbonyl (C=O) groups excluding carboxylic acids is 2. The molecule has 6 rings (SSSR count). The van der Waals surface area contributed by atoms with E-state index in [4.69, 9.17) is 15.6 Å². The highest BCUT2D eigenvalue weighted by Crippen LogP contribution is 2.77. The van der Waals surface area contributed by atoms with E-state index < -0.39 is 28.2 Å². The van der Waals surface area contributed by atoms with Gasteiger partial charge in [0, 0.05) is 31.2 Å². The number of amides is 1. The Labute approximate surface area is 240 Å². The maximum atomic E-state index is 13.9. The number of ether oxygens (including phenoxy) is 1. The summed E-state index contributed by atoms with van der Waals surface area (Å²) in [7, 11) is 0. The molecule has 1 aromatic carbocycles. The molecule has 3 N–H and O–H groups in total. The van der Waals surface area contributed by atoms with Crippen molar-refractivity contribution in [3.05, 3.63) is 63.3 Å². The van der Waals surface area contributed by atoms with E-state index in [0.29, 0.717) is 44.6 Å². The lowest BCUT2D eigenvalue weighted by atomic mass is 9.59. The molecule has 2 aliphatic carbocycles. The molecule has 3 fully saturated rings.